The van der Waals surface area contributed by atoms with E-state index in [4.69, 9.17) is 0 Å². The standard InChI is InChI=1S/C9H11N3O3/c1-10-8(15)9(4-11-5-9)12-6(13)2-3-7(12)14/h2-3,11H,4-5H2,1H3,(H,10,15). The van der Waals surface area contributed by atoms with Crippen LogP contribution in [0.5, 0.6) is 0 Å². The predicted molar refractivity (Wildman–Crippen MR) is 50.7 cm³/mol. The Balaban J connectivity index is 2.31. The van der Waals surface area contributed by atoms with Crippen molar-refractivity contribution in [3.05, 3.63) is 12.2 Å². The first-order valence-corrected chi connectivity index (χ1v) is 4.61. The summed E-state index contributed by atoms with van der Waals surface area (Å²) in [6, 6.07) is 0. The van der Waals surface area contributed by atoms with E-state index in [-0.39, 0.29) is 5.91 Å². The van der Waals surface area contributed by atoms with Gasteiger partial charge in [0.05, 0.1) is 0 Å². The van der Waals surface area contributed by atoms with E-state index in [1.807, 2.05) is 0 Å². The van der Waals surface area contributed by atoms with E-state index in [0.29, 0.717) is 13.1 Å². The Labute approximate surface area is 86.3 Å². The molecule has 80 valence electrons. The van der Waals surface area contributed by atoms with Gasteiger partial charge in [0, 0.05) is 32.3 Å². The molecule has 0 spiro atoms. The van der Waals surface area contributed by atoms with Crippen LogP contribution in [0.4, 0.5) is 0 Å². The average Bonchev–Trinajstić information content (AvgIpc) is 2.47. The number of hydrogen-bond acceptors (Lipinski definition) is 4. The second kappa shape index (κ2) is 3.16. The van der Waals surface area contributed by atoms with Crippen molar-refractivity contribution in [1.82, 2.24) is 15.5 Å². The Morgan fingerprint density at radius 1 is 1.40 bits per heavy atom. The van der Waals surface area contributed by atoms with Crippen molar-refractivity contribution >= 4 is 17.7 Å². The van der Waals surface area contributed by atoms with Gasteiger partial charge >= 0.3 is 0 Å². The van der Waals surface area contributed by atoms with Crippen LogP contribution in [0, 0.1) is 0 Å². The predicted octanol–water partition coefficient (Wildman–Crippen LogP) is -2.00. The van der Waals surface area contributed by atoms with Crippen molar-refractivity contribution in [3.63, 3.8) is 0 Å². The largest absolute Gasteiger partial charge is 0.357 e. The van der Waals surface area contributed by atoms with Crippen molar-refractivity contribution in [2.24, 2.45) is 0 Å². The van der Waals surface area contributed by atoms with Gasteiger partial charge in [-0.05, 0) is 0 Å². The third kappa shape index (κ3) is 1.18. The average molecular weight is 209 g/mol. The Morgan fingerprint density at radius 2 is 1.93 bits per heavy atom. The van der Waals surface area contributed by atoms with Crippen LogP contribution in [-0.4, -0.2) is 48.3 Å². The molecule has 1 saturated heterocycles. The lowest BCUT2D eigenvalue weighted by molar-refractivity contribution is -0.155. The molecule has 1 fully saturated rings. The second-order valence-electron chi connectivity index (χ2n) is 3.56. The maximum Gasteiger partial charge on any atom is 0.254 e. The van der Waals surface area contributed by atoms with Gasteiger partial charge in [0.25, 0.3) is 11.8 Å². The molecule has 0 saturated carbocycles. The molecule has 0 aromatic rings. The smallest absolute Gasteiger partial charge is 0.254 e. The van der Waals surface area contributed by atoms with Crippen LogP contribution < -0.4 is 10.6 Å². The van der Waals surface area contributed by atoms with Crippen molar-refractivity contribution in [1.29, 1.82) is 0 Å². The summed E-state index contributed by atoms with van der Waals surface area (Å²) in [5, 5.41) is 5.37. The van der Waals surface area contributed by atoms with E-state index in [9.17, 15) is 14.4 Å². The number of carbonyl (C=O) groups is 3. The fourth-order valence-electron chi connectivity index (χ4n) is 1.84. The number of imide groups is 1. The summed E-state index contributed by atoms with van der Waals surface area (Å²) in [7, 11) is 1.49. The summed E-state index contributed by atoms with van der Waals surface area (Å²) in [6.07, 6.45) is 2.37. The number of hydrogen-bond donors (Lipinski definition) is 2. The fraction of sp³-hybridized carbons (Fsp3) is 0.444. The molecule has 6 nitrogen and oxygen atoms in total. The summed E-state index contributed by atoms with van der Waals surface area (Å²) < 4.78 is 0. The number of amides is 3. The van der Waals surface area contributed by atoms with Crippen LogP contribution in [0.2, 0.25) is 0 Å². The number of nitrogens with zero attached hydrogens (tertiary/aromatic N) is 1. The first kappa shape index (κ1) is 9.85. The van der Waals surface area contributed by atoms with Crippen molar-refractivity contribution in [3.8, 4) is 0 Å². The van der Waals surface area contributed by atoms with Crippen molar-refractivity contribution < 1.29 is 14.4 Å². The van der Waals surface area contributed by atoms with Gasteiger partial charge in [-0.2, -0.15) is 0 Å². The summed E-state index contributed by atoms with van der Waals surface area (Å²) in [6.45, 7) is 0.623. The molecule has 2 aliphatic rings. The lowest BCUT2D eigenvalue weighted by atomic mass is 9.89. The Morgan fingerprint density at radius 3 is 2.27 bits per heavy atom. The summed E-state index contributed by atoms with van der Waals surface area (Å²) >= 11 is 0. The summed E-state index contributed by atoms with van der Waals surface area (Å²) in [5.74, 6) is -1.16. The SMILES string of the molecule is CNC(=O)C1(N2C(=O)C=CC2=O)CNC1. The molecule has 2 aliphatic heterocycles. The topological polar surface area (TPSA) is 78.5 Å². The van der Waals surface area contributed by atoms with Crippen LogP contribution in [0.3, 0.4) is 0 Å². The van der Waals surface area contributed by atoms with Crippen LogP contribution in [0.25, 0.3) is 0 Å². The quantitative estimate of drug-likeness (QED) is 0.515. The van der Waals surface area contributed by atoms with E-state index >= 15 is 0 Å². The third-order valence-corrected chi connectivity index (χ3v) is 2.72. The molecule has 0 aromatic carbocycles. The molecule has 6 heteroatoms. The zero-order valence-electron chi connectivity index (χ0n) is 8.24. The van der Waals surface area contributed by atoms with Crippen LogP contribution in [0.1, 0.15) is 0 Å². The molecule has 0 aliphatic carbocycles. The molecule has 0 unspecified atom stereocenters. The van der Waals surface area contributed by atoms with E-state index in [0.717, 1.165) is 4.90 Å². The number of carbonyl (C=O) groups excluding carboxylic acids is 3. The van der Waals surface area contributed by atoms with Gasteiger partial charge in [-0.25, -0.2) is 0 Å². The molecular weight excluding hydrogens is 198 g/mol. The molecule has 0 aromatic heterocycles. The van der Waals surface area contributed by atoms with Gasteiger partial charge in [0.1, 0.15) is 0 Å². The maximum atomic E-state index is 11.7. The van der Waals surface area contributed by atoms with E-state index in [1.165, 1.54) is 19.2 Å². The number of nitrogens with one attached hydrogen (secondary N) is 2. The zero-order valence-corrected chi connectivity index (χ0v) is 8.24. The molecule has 0 radical (unpaired) electrons. The third-order valence-electron chi connectivity index (χ3n) is 2.72. The lowest BCUT2D eigenvalue weighted by Gasteiger charge is -2.45. The van der Waals surface area contributed by atoms with Gasteiger partial charge < -0.3 is 10.6 Å². The highest BCUT2D eigenvalue weighted by molar-refractivity contribution is 6.16. The van der Waals surface area contributed by atoms with Crippen molar-refractivity contribution in [2.45, 2.75) is 5.54 Å². The minimum absolute atomic E-state index is 0.311. The Kier molecular flexibility index (Phi) is 2.08. The summed E-state index contributed by atoms with van der Waals surface area (Å²) in [4.78, 5) is 35.6. The highest BCUT2D eigenvalue weighted by Crippen LogP contribution is 2.24. The first-order valence-electron chi connectivity index (χ1n) is 4.61. The molecule has 15 heavy (non-hydrogen) atoms. The highest BCUT2D eigenvalue weighted by atomic mass is 16.2. The summed E-state index contributed by atoms with van der Waals surface area (Å²) in [5.41, 5.74) is -1.04. The van der Waals surface area contributed by atoms with Crippen LogP contribution >= 0.6 is 0 Å². The fourth-order valence-corrected chi connectivity index (χ4v) is 1.84. The molecule has 3 amide bonds. The molecule has 2 heterocycles. The highest BCUT2D eigenvalue weighted by Gasteiger charge is 2.54. The van der Waals surface area contributed by atoms with Gasteiger partial charge in [0.15, 0.2) is 5.54 Å². The lowest BCUT2D eigenvalue weighted by Crippen LogP contribution is -2.76. The molecule has 2 N–H and O–H groups in total. The Bertz CT molecular complexity index is 353. The van der Waals surface area contributed by atoms with Crippen LogP contribution in [0.15, 0.2) is 12.2 Å². The van der Waals surface area contributed by atoms with Gasteiger partial charge in [0.2, 0.25) is 5.91 Å². The van der Waals surface area contributed by atoms with E-state index < -0.39 is 17.4 Å². The van der Waals surface area contributed by atoms with E-state index in [2.05, 4.69) is 10.6 Å². The van der Waals surface area contributed by atoms with Crippen molar-refractivity contribution in [2.75, 3.05) is 20.1 Å². The number of rotatable bonds is 2. The molecule has 2 rings (SSSR count). The minimum Gasteiger partial charge on any atom is -0.357 e. The van der Waals surface area contributed by atoms with Crippen LogP contribution in [-0.2, 0) is 14.4 Å². The van der Waals surface area contributed by atoms with E-state index in [1.54, 1.807) is 0 Å². The Hall–Kier alpha value is -1.69. The molecule has 0 bridgehead atoms. The monoisotopic (exact) mass is 209 g/mol. The normalized spacial score (nSPS) is 22.9. The maximum absolute atomic E-state index is 11.7. The first-order chi connectivity index (χ1) is 7.12. The van der Waals surface area contributed by atoms with Gasteiger partial charge in [-0.15, -0.1) is 0 Å². The molecular formula is C9H11N3O3. The number of likely N-dealkylation sites (N-methyl/N-ethyl adjacent to an activating group) is 1. The second-order valence-corrected chi connectivity index (χ2v) is 3.56. The molecule has 0 atom stereocenters. The minimum atomic E-state index is -1.04. The van der Waals surface area contributed by atoms with Gasteiger partial charge in [-0.1, -0.05) is 0 Å². The van der Waals surface area contributed by atoms with Gasteiger partial charge in [-0.3, -0.25) is 19.3 Å². The zero-order chi connectivity index (χ0) is 11.1.